The first-order chi connectivity index (χ1) is 14.6. The van der Waals surface area contributed by atoms with E-state index in [1.165, 1.54) is 11.3 Å². The van der Waals surface area contributed by atoms with E-state index in [9.17, 15) is 9.59 Å². The van der Waals surface area contributed by atoms with Gasteiger partial charge in [-0.05, 0) is 59.0 Å². The first-order valence-corrected chi connectivity index (χ1v) is 10.3. The molecule has 0 unspecified atom stereocenters. The summed E-state index contributed by atoms with van der Waals surface area (Å²) in [6.45, 7) is 1.79. The van der Waals surface area contributed by atoms with Crippen LogP contribution in [0.3, 0.4) is 0 Å². The van der Waals surface area contributed by atoms with Gasteiger partial charge >= 0.3 is 0 Å². The molecule has 1 aromatic heterocycles. The van der Waals surface area contributed by atoms with Crippen molar-refractivity contribution < 1.29 is 14.3 Å². The second-order valence-corrected chi connectivity index (χ2v) is 7.75. The molecule has 1 heterocycles. The van der Waals surface area contributed by atoms with Crippen molar-refractivity contribution in [2.75, 3.05) is 17.2 Å². The number of amides is 2. The molecule has 3 aromatic carbocycles. The Morgan fingerprint density at radius 1 is 0.900 bits per heavy atom. The Balaban J connectivity index is 1.39. The molecule has 0 aliphatic rings. The first kappa shape index (κ1) is 19.7. The van der Waals surface area contributed by atoms with E-state index in [1.54, 1.807) is 12.1 Å². The molecule has 0 spiro atoms. The number of hydrogen-bond acceptors (Lipinski definition) is 4. The van der Waals surface area contributed by atoms with Gasteiger partial charge in [-0.25, -0.2) is 0 Å². The Labute approximate surface area is 178 Å². The number of rotatable bonds is 6. The maximum Gasteiger partial charge on any atom is 0.265 e. The van der Waals surface area contributed by atoms with Gasteiger partial charge in [0.05, 0.1) is 4.88 Å². The van der Waals surface area contributed by atoms with Crippen LogP contribution >= 0.6 is 11.3 Å². The molecule has 6 heteroatoms. The number of ether oxygens (including phenoxy) is 1. The van der Waals surface area contributed by atoms with Crippen LogP contribution in [0.15, 0.2) is 78.2 Å². The number of anilines is 2. The van der Waals surface area contributed by atoms with Gasteiger partial charge in [0.25, 0.3) is 11.8 Å². The van der Waals surface area contributed by atoms with E-state index in [0.29, 0.717) is 22.0 Å². The normalized spacial score (nSPS) is 10.6. The van der Waals surface area contributed by atoms with Crippen LogP contribution in [0.1, 0.15) is 15.2 Å². The Bertz CT molecular complexity index is 1200. The Morgan fingerprint density at radius 2 is 1.73 bits per heavy atom. The predicted molar refractivity (Wildman–Crippen MR) is 122 cm³/mol. The lowest BCUT2D eigenvalue weighted by molar-refractivity contribution is -0.118. The fraction of sp³-hybridized carbons (Fsp3) is 0.0833. The summed E-state index contributed by atoms with van der Waals surface area (Å²) in [4.78, 5) is 25.3. The molecule has 0 saturated heterocycles. The summed E-state index contributed by atoms with van der Waals surface area (Å²) in [5.74, 6) is 0.191. The molecule has 4 aromatic rings. The van der Waals surface area contributed by atoms with Crippen LogP contribution in [-0.4, -0.2) is 18.4 Å². The van der Waals surface area contributed by atoms with Crippen LogP contribution < -0.4 is 15.4 Å². The minimum atomic E-state index is -0.270. The van der Waals surface area contributed by atoms with Crippen LogP contribution in [0.2, 0.25) is 0 Å². The first-order valence-electron chi connectivity index (χ1n) is 9.45. The van der Waals surface area contributed by atoms with Gasteiger partial charge in [-0.3, -0.25) is 9.59 Å². The van der Waals surface area contributed by atoms with Crippen molar-refractivity contribution in [2.45, 2.75) is 6.92 Å². The zero-order valence-electron chi connectivity index (χ0n) is 16.3. The minimum absolute atomic E-state index is 0.108. The number of benzene rings is 3. The monoisotopic (exact) mass is 416 g/mol. The topological polar surface area (TPSA) is 67.4 Å². The van der Waals surface area contributed by atoms with E-state index >= 15 is 0 Å². The van der Waals surface area contributed by atoms with Gasteiger partial charge in [0.1, 0.15) is 5.75 Å². The third kappa shape index (κ3) is 4.67. The quantitative estimate of drug-likeness (QED) is 0.437. The van der Waals surface area contributed by atoms with Crippen LogP contribution in [0.5, 0.6) is 5.75 Å². The molecule has 30 heavy (non-hydrogen) atoms. The number of thiophene rings is 1. The minimum Gasteiger partial charge on any atom is -0.484 e. The van der Waals surface area contributed by atoms with E-state index in [0.717, 1.165) is 16.3 Å². The molecule has 5 nitrogen and oxygen atoms in total. The fourth-order valence-electron chi connectivity index (χ4n) is 3.03. The lowest BCUT2D eigenvalue weighted by atomic mass is 10.1. The van der Waals surface area contributed by atoms with Crippen LogP contribution in [0.4, 0.5) is 11.4 Å². The number of hydrogen-bond donors (Lipinski definition) is 2. The molecular weight excluding hydrogens is 396 g/mol. The molecule has 2 N–H and O–H groups in total. The van der Waals surface area contributed by atoms with Crippen LogP contribution in [0, 0.1) is 6.92 Å². The van der Waals surface area contributed by atoms with E-state index < -0.39 is 0 Å². The van der Waals surface area contributed by atoms with Gasteiger partial charge < -0.3 is 15.4 Å². The summed E-state index contributed by atoms with van der Waals surface area (Å²) in [6.07, 6.45) is 0. The second kappa shape index (κ2) is 8.80. The lowest BCUT2D eigenvalue weighted by Gasteiger charge is -2.12. The average Bonchev–Trinajstić information content (AvgIpc) is 3.30. The lowest BCUT2D eigenvalue weighted by Crippen LogP contribution is -2.21. The summed E-state index contributed by atoms with van der Waals surface area (Å²) < 4.78 is 5.65. The Hall–Kier alpha value is -3.64. The smallest absolute Gasteiger partial charge is 0.265 e. The van der Waals surface area contributed by atoms with Crippen LogP contribution in [0.25, 0.3) is 10.8 Å². The summed E-state index contributed by atoms with van der Waals surface area (Å²) >= 11 is 1.38. The summed E-state index contributed by atoms with van der Waals surface area (Å²) in [6, 6.07) is 22.7. The molecule has 0 fully saturated rings. The SMILES string of the molecule is Cc1ccc(NC(=O)c2cccs2)cc1NC(=O)COc1ccc2ccccc2c1. The number of nitrogens with one attached hydrogen (secondary N) is 2. The van der Waals surface area contributed by atoms with Crippen molar-refractivity contribution in [3.8, 4) is 5.75 Å². The summed E-state index contributed by atoms with van der Waals surface area (Å²) in [5.41, 5.74) is 2.14. The van der Waals surface area contributed by atoms with E-state index in [4.69, 9.17) is 4.74 Å². The molecule has 0 saturated carbocycles. The van der Waals surface area contributed by atoms with E-state index in [2.05, 4.69) is 10.6 Å². The number of carbonyl (C=O) groups excluding carboxylic acids is 2. The zero-order valence-corrected chi connectivity index (χ0v) is 17.2. The number of carbonyl (C=O) groups is 2. The molecule has 0 atom stereocenters. The Kier molecular flexibility index (Phi) is 5.77. The fourth-order valence-corrected chi connectivity index (χ4v) is 3.65. The highest BCUT2D eigenvalue weighted by Crippen LogP contribution is 2.23. The Morgan fingerprint density at radius 3 is 2.53 bits per heavy atom. The molecule has 150 valence electrons. The summed E-state index contributed by atoms with van der Waals surface area (Å²) in [5, 5.41) is 9.73. The van der Waals surface area contributed by atoms with Crippen molar-refractivity contribution in [2.24, 2.45) is 0 Å². The largest absolute Gasteiger partial charge is 0.484 e. The molecule has 2 amide bonds. The van der Waals surface area contributed by atoms with Gasteiger partial charge in [0.2, 0.25) is 0 Å². The van der Waals surface area contributed by atoms with Crippen molar-refractivity contribution >= 4 is 45.3 Å². The van der Waals surface area contributed by atoms with Gasteiger partial charge in [0, 0.05) is 11.4 Å². The van der Waals surface area contributed by atoms with E-state index in [1.807, 2.05) is 73.0 Å². The molecule has 0 aliphatic carbocycles. The van der Waals surface area contributed by atoms with Gasteiger partial charge in [-0.15, -0.1) is 11.3 Å². The highest BCUT2D eigenvalue weighted by Gasteiger charge is 2.10. The van der Waals surface area contributed by atoms with Crippen molar-refractivity contribution in [1.29, 1.82) is 0 Å². The highest BCUT2D eigenvalue weighted by molar-refractivity contribution is 7.12. The molecule has 0 radical (unpaired) electrons. The average molecular weight is 417 g/mol. The van der Waals surface area contributed by atoms with E-state index in [-0.39, 0.29) is 18.4 Å². The molecule has 0 aliphatic heterocycles. The molecular formula is C24H20N2O3S. The second-order valence-electron chi connectivity index (χ2n) is 6.81. The summed E-state index contributed by atoms with van der Waals surface area (Å²) in [7, 11) is 0. The zero-order chi connectivity index (χ0) is 20.9. The van der Waals surface area contributed by atoms with Gasteiger partial charge in [-0.2, -0.15) is 0 Å². The molecule has 0 bridgehead atoms. The standard InChI is InChI=1S/C24H20N2O3S/c1-16-8-10-19(25-24(28)22-7-4-12-30-22)14-21(16)26-23(27)15-29-20-11-9-17-5-2-3-6-18(17)13-20/h2-14H,15H2,1H3,(H,25,28)(H,26,27). The van der Waals surface area contributed by atoms with Gasteiger partial charge in [-0.1, -0.05) is 42.5 Å². The number of aryl methyl sites for hydroxylation is 1. The molecule has 4 rings (SSSR count). The third-order valence-electron chi connectivity index (χ3n) is 4.61. The highest BCUT2D eigenvalue weighted by atomic mass is 32.1. The van der Waals surface area contributed by atoms with Crippen LogP contribution in [-0.2, 0) is 4.79 Å². The predicted octanol–water partition coefficient (Wildman–Crippen LogP) is 5.48. The number of fused-ring (bicyclic) bond motifs is 1. The van der Waals surface area contributed by atoms with Crippen molar-refractivity contribution in [1.82, 2.24) is 0 Å². The maximum atomic E-state index is 12.4. The third-order valence-corrected chi connectivity index (χ3v) is 5.47. The van der Waals surface area contributed by atoms with Crippen molar-refractivity contribution in [3.63, 3.8) is 0 Å². The van der Waals surface area contributed by atoms with Gasteiger partial charge in [0.15, 0.2) is 6.61 Å². The maximum absolute atomic E-state index is 12.4. The van der Waals surface area contributed by atoms with Crippen molar-refractivity contribution in [3.05, 3.63) is 88.6 Å².